The molecule has 0 amide bonds. The maximum atomic E-state index is 5.50. The fourth-order valence-electron chi connectivity index (χ4n) is 0.954. The molecule has 64 valence electrons. The normalized spacial score (nSPS) is 24.7. The monoisotopic (exact) mass is 156 g/mol. The second kappa shape index (κ2) is 2.81. The Labute approximate surface area is 67.6 Å². The molecule has 0 bridgehead atoms. The zero-order valence-electron chi connectivity index (χ0n) is 7.42. The minimum Gasteiger partial charge on any atom is -0.474 e. The van der Waals surface area contributed by atoms with Crippen molar-refractivity contribution in [2.24, 2.45) is 16.1 Å². The number of aliphatic imine (C=N–C) groups is 1. The van der Waals surface area contributed by atoms with Crippen molar-refractivity contribution in [2.45, 2.75) is 26.9 Å². The van der Waals surface area contributed by atoms with Crippen molar-refractivity contribution in [1.29, 1.82) is 0 Å². The highest BCUT2D eigenvalue weighted by atomic mass is 16.5. The molecule has 1 heterocycles. The van der Waals surface area contributed by atoms with Gasteiger partial charge in [-0.3, -0.25) is 4.99 Å². The van der Waals surface area contributed by atoms with E-state index in [4.69, 9.17) is 10.5 Å². The molecule has 0 saturated carbocycles. The summed E-state index contributed by atoms with van der Waals surface area (Å²) in [5.74, 6) is 0.841. The molecule has 0 saturated heterocycles. The Morgan fingerprint density at radius 2 is 2.27 bits per heavy atom. The van der Waals surface area contributed by atoms with E-state index in [1.165, 1.54) is 0 Å². The number of hydrogen-bond acceptors (Lipinski definition) is 3. The lowest BCUT2D eigenvalue weighted by Gasteiger charge is -2.19. The molecule has 1 aliphatic heterocycles. The van der Waals surface area contributed by atoms with Crippen molar-refractivity contribution < 1.29 is 4.74 Å². The maximum absolute atomic E-state index is 5.50. The highest BCUT2D eigenvalue weighted by Crippen LogP contribution is 2.21. The smallest absolute Gasteiger partial charge is 0.189 e. The van der Waals surface area contributed by atoms with Crippen LogP contribution in [-0.4, -0.2) is 25.1 Å². The summed E-state index contributed by atoms with van der Waals surface area (Å²) in [6.45, 7) is 7.55. The topological polar surface area (TPSA) is 47.6 Å². The van der Waals surface area contributed by atoms with E-state index in [2.05, 4.69) is 25.8 Å². The second-order valence-electron chi connectivity index (χ2n) is 3.87. The highest BCUT2D eigenvalue weighted by molar-refractivity contribution is 5.82. The van der Waals surface area contributed by atoms with Crippen LogP contribution in [0.4, 0.5) is 0 Å². The van der Waals surface area contributed by atoms with Crippen LogP contribution >= 0.6 is 0 Å². The van der Waals surface area contributed by atoms with Crippen LogP contribution < -0.4 is 5.73 Å². The van der Waals surface area contributed by atoms with Gasteiger partial charge in [0.1, 0.15) is 6.10 Å². The molecular weight excluding hydrogens is 140 g/mol. The van der Waals surface area contributed by atoms with Crippen LogP contribution in [0.15, 0.2) is 4.99 Å². The molecule has 1 rings (SSSR count). The second-order valence-corrected chi connectivity index (χ2v) is 3.87. The summed E-state index contributed by atoms with van der Waals surface area (Å²) in [5, 5.41) is 0. The van der Waals surface area contributed by atoms with Crippen LogP contribution in [0.5, 0.6) is 0 Å². The molecule has 0 radical (unpaired) electrons. The Morgan fingerprint density at radius 1 is 1.64 bits per heavy atom. The Bertz CT molecular complexity index is 169. The van der Waals surface area contributed by atoms with E-state index in [0.717, 1.165) is 12.4 Å². The first-order chi connectivity index (χ1) is 5.04. The van der Waals surface area contributed by atoms with Crippen LogP contribution in [0, 0.1) is 5.41 Å². The van der Waals surface area contributed by atoms with Gasteiger partial charge >= 0.3 is 0 Å². The van der Waals surface area contributed by atoms with E-state index >= 15 is 0 Å². The predicted molar refractivity (Wildman–Crippen MR) is 45.7 cm³/mol. The molecule has 0 aromatic heterocycles. The molecule has 0 aromatic carbocycles. The van der Waals surface area contributed by atoms with E-state index in [9.17, 15) is 0 Å². The number of ether oxygens (including phenoxy) is 1. The van der Waals surface area contributed by atoms with E-state index in [1.807, 2.05) is 0 Å². The van der Waals surface area contributed by atoms with Crippen molar-refractivity contribution in [3.05, 3.63) is 0 Å². The number of nitrogens with zero attached hydrogens (tertiary/aromatic N) is 1. The lowest BCUT2D eigenvalue weighted by atomic mass is 9.97. The van der Waals surface area contributed by atoms with Gasteiger partial charge in [-0.15, -0.1) is 0 Å². The van der Waals surface area contributed by atoms with E-state index in [0.29, 0.717) is 6.54 Å². The van der Waals surface area contributed by atoms with Gasteiger partial charge < -0.3 is 10.5 Å². The molecule has 0 spiro atoms. The van der Waals surface area contributed by atoms with Gasteiger partial charge in [0.05, 0.1) is 6.54 Å². The standard InChI is InChI=1S/C8H16N2O/c1-8(2,3)7-10-5-6(4-9)11-7/h6H,4-5,9H2,1-3H3. The van der Waals surface area contributed by atoms with Crippen LogP contribution in [-0.2, 0) is 4.74 Å². The molecule has 1 aliphatic rings. The summed E-state index contributed by atoms with van der Waals surface area (Å²) in [4.78, 5) is 4.27. The van der Waals surface area contributed by atoms with E-state index < -0.39 is 0 Å². The van der Waals surface area contributed by atoms with E-state index in [1.54, 1.807) is 0 Å². The first-order valence-corrected chi connectivity index (χ1v) is 3.95. The van der Waals surface area contributed by atoms with Crippen molar-refractivity contribution in [2.75, 3.05) is 13.1 Å². The molecule has 0 fully saturated rings. The summed E-state index contributed by atoms with van der Waals surface area (Å²) >= 11 is 0. The summed E-state index contributed by atoms with van der Waals surface area (Å²) in [6, 6.07) is 0. The number of rotatable bonds is 1. The van der Waals surface area contributed by atoms with Crippen LogP contribution in [0.25, 0.3) is 0 Å². The third-order valence-corrected chi connectivity index (χ3v) is 1.62. The molecule has 1 atom stereocenters. The third-order valence-electron chi connectivity index (χ3n) is 1.62. The largest absolute Gasteiger partial charge is 0.474 e. The van der Waals surface area contributed by atoms with Gasteiger partial charge in [-0.25, -0.2) is 0 Å². The zero-order chi connectivity index (χ0) is 8.48. The molecule has 1 unspecified atom stereocenters. The van der Waals surface area contributed by atoms with Gasteiger partial charge in [-0.1, -0.05) is 20.8 Å². The van der Waals surface area contributed by atoms with Crippen molar-refractivity contribution in [1.82, 2.24) is 0 Å². The molecular formula is C8H16N2O. The van der Waals surface area contributed by atoms with Gasteiger partial charge in [0, 0.05) is 12.0 Å². The summed E-state index contributed by atoms with van der Waals surface area (Å²) in [7, 11) is 0. The quantitative estimate of drug-likeness (QED) is 0.610. The van der Waals surface area contributed by atoms with Gasteiger partial charge in [-0.05, 0) is 0 Å². The minimum absolute atomic E-state index is 0.0317. The third kappa shape index (κ3) is 1.93. The highest BCUT2D eigenvalue weighted by Gasteiger charge is 2.27. The maximum Gasteiger partial charge on any atom is 0.189 e. The first kappa shape index (κ1) is 8.53. The fourth-order valence-corrected chi connectivity index (χ4v) is 0.954. The van der Waals surface area contributed by atoms with Crippen LogP contribution in [0.3, 0.4) is 0 Å². The van der Waals surface area contributed by atoms with E-state index in [-0.39, 0.29) is 11.5 Å². The summed E-state index contributed by atoms with van der Waals surface area (Å²) in [5.41, 5.74) is 5.47. The average molecular weight is 156 g/mol. The van der Waals surface area contributed by atoms with Crippen LogP contribution in [0.2, 0.25) is 0 Å². The van der Waals surface area contributed by atoms with Crippen molar-refractivity contribution in [3.8, 4) is 0 Å². The molecule has 11 heavy (non-hydrogen) atoms. The van der Waals surface area contributed by atoms with Gasteiger partial charge in [0.2, 0.25) is 0 Å². The van der Waals surface area contributed by atoms with Crippen LogP contribution in [0.1, 0.15) is 20.8 Å². The molecule has 0 aromatic rings. The predicted octanol–water partition coefficient (Wildman–Crippen LogP) is 0.788. The SMILES string of the molecule is CC(C)(C)C1=NCC(CN)O1. The Kier molecular flexibility index (Phi) is 2.18. The lowest BCUT2D eigenvalue weighted by molar-refractivity contribution is 0.207. The Morgan fingerprint density at radius 3 is 2.55 bits per heavy atom. The molecule has 3 nitrogen and oxygen atoms in total. The molecule has 0 aliphatic carbocycles. The minimum atomic E-state index is 0.0317. The molecule has 2 N–H and O–H groups in total. The average Bonchev–Trinajstić information content (AvgIpc) is 2.32. The Hall–Kier alpha value is -0.570. The fraction of sp³-hybridized carbons (Fsp3) is 0.875. The number of nitrogens with two attached hydrogens (primary N) is 1. The Balaban J connectivity index is 2.53. The van der Waals surface area contributed by atoms with Gasteiger partial charge in [-0.2, -0.15) is 0 Å². The number of hydrogen-bond donors (Lipinski definition) is 1. The van der Waals surface area contributed by atoms with Crippen molar-refractivity contribution >= 4 is 5.90 Å². The first-order valence-electron chi connectivity index (χ1n) is 3.95. The van der Waals surface area contributed by atoms with Gasteiger partial charge in [0.25, 0.3) is 0 Å². The zero-order valence-corrected chi connectivity index (χ0v) is 7.42. The summed E-state index contributed by atoms with van der Waals surface area (Å²) < 4.78 is 5.50. The van der Waals surface area contributed by atoms with Gasteiger partial charge in [0.15, 0.2) is 5.90 Å². The lowest BCUT2D eigenvalue weighted by Crippen LogP contribution is -2.28. The summed E-state index contributed by atoms with van der Waals surface area (Å²) in [6.07, 6.45) is 0.115. The molecule has 3 heteroatoms. The van der Waals surface area contributed by atoms with Crippen molar-refractivity contribution in [3.63, 3.8) is 0 Å².